The van der Waals surface area contributed by atoms with Gasteiger partial charge in [0.25, 0.3) is 0 Å². The van der Waals surface area contributed by atoms with Crippen LogP contribution in [-0.2, 0) is 41.8 Å². The van der Waals surface area contributed by atoms with Gasteiger partial charge in [-0.25, -0.2) is 9.59 Å². The molecule has 0 aliphatic rings. The second-order valence-electron chi connectivity index (χ2n) is 6.21. The van der Waals surface area contributed by atoms with Gasteiger partial charge >= 0.3 is 11.9 Å². The zero-order valence-electron chi connectivity index (χ0n) is 17.5. The second-order valence-corrected chi connectivity index (χ2v) is 6.21. The van der Waals surface area contributed by atoms with Crippen molar-refractivity contribution in [3.8, 4) is 11.5 Å². The molecule has 0 radical (unpaired) electrons. The van der Waals surface area contributed by atoms with Gasteiger partial charge in [-0.1, -0.05) is 24.3 Å². The largest absolute Gasteiger partial charge is 0.497 e. The average Bonchev–Trinajstić information content (AvgIpc) is 2.80. The molecule has 0 saturated heterocycles. The van der Waals surface area contributed by atoms with Crippen LogP contribution in [0.5, 0.6) is 11.5 Å². The molecule has 0 aliphatic heterocycles. The van der Waals surface area contributed by atoms with Crippen LogP contribution in [0.4, 0.5) is 0 Å². The SMILES string of the molecule is COC(=O)[C@@H](OCc1ccc(OC)cc1)[C@H](OCc1ccc(OC)cc1)C(=O)OC. The number of rotatable bonds is 11. The average molecular weight is 418 g/mol. The Morgan fingerprint density at radius 2 is 0.967 bits per heavy atom. The van der Waals surface area contributed by atoms with Gasteiger partial charge in [-0.15, -0.1) is 0 Å². The number of carbonyl (C=O) groups excluding carboxylic acids is 2. The Kier molecular flexibility index (Phi) is 9.11. The van der Waals surface area contributed by atoms with E-state index in [-0.39, 0.29) is 13.2 Å². The van der Waals surface area contributed by atoms with Gasteiger partial charge in [-0.2, -0.15) is 0 Å². The summed E-state index contributed by atoms with van der Waals surface area (Å²) in [5.41, 5.74) is 1.56. The quantitative estimate of drug-likeness (QED) is 0.515. The monoisotopic (exact) mass is 418 g/mol. The van der Waals surface area contributed by atoms with Gasteiger partial charge < -0.3 is 28.4 Å². The first-order valence-electron chi connectivity index (χ1n) is 9.17. The normalized spacial score (nSPS) is 12.5. The van der Waals surface area contributed by atoms with Crippen molar-refractivity contribution in [2.24, 2.45) is 0 Å². The summed E-state index contributed by atoms with van der Waals surface area (Å²) in [6.45, 7) is 0.117. The van der Waals surface area contributed by atoms with Crippen molar-refractivity contribution in [2.45, 2.75) is 25.4 Å². The molecule has 2 atom stereocenters. The number of methoxy groups -OCH3 is 4. The van der Waals surface area contributed by atoms with Crippen molar-refractivity contribution < 1.29 is 38.0 Å². The highest BCUT2D eigenvalue weighted by Crippen LogP contribution is 2.18. The molecule has 8 heteroatoms. The van der Waals surface area contributed by atoms with Gasteiger partial charge in [-0.3, -0.25) is 0 Å². The van der Waals surface area contributed by atoms with E-state index in [1.807, 2.05) is 0 Å². The lowest BCUT2D eigenvalue weighted by Gasteiger charge is -2.24. The van der Waals surface area contributed by atoms with Crippen LogP contribution in [0, 0.1) is 0 Å². The molecular formula is C22H26O8. The van der Waals surface area contributed by atoms with E-state index in [1.165, 1.54) is 14.2 Å². The van der Waals surface area contributed by atoms with Crippen molar-refractivity contribution in [3.63, 3.8) is 0 Å². The van der Waals surface area contributed by atoms with Crippen LogP contribution >= 0.6 is 0 Å². The van der Waals surface area contributed by atoms with Crippen molar-refractivity contribution in [1.82, 2.24) is 0 Å². The summed E-state index contributed by atoms with van der Waals surface area (Å²) in [5, 5.41) is 0. The molecular weight excluding hydrogens is 392 g/mol. The summed E-state index contributed by atoms with van der Waals surface area (Å²) in [5.74, 6) is -0.0978. The summed E-state index contributed by atoms with van der Waals surface area (Å²) >= 11 is 0. The number of ether oxygens (including phenoxy) is 6. The number of hydrogen-bond acceptors (Lipinski definition) is 8. The predicted molar refractivity (Wildman–Crippen MR) is 107 cm³/mol. The van der Waals surface area contributed by atoms with Crippen molar-refractivity contribution in [2.75, 3.05) is 28.4 Å². The van der Waals surface area contributed by atoms with E-state index < -0.39 is 24.1 Å². The minimum absolute atomic E-state index is 0.0587. The highest BCUT2D eigenvalue weighted by molar-refractivity contribution is 5.85. The molecule has 2 aromatic rings. The summed E-state index contributed by atoms with van der Waals surface area (Å²) < 4.78 is 31.3. The van der Waals surface area contributed by atoms with E-state index in [0.29, 0.717) is 11.5 Å². The molecule has 0 aromatic heterocycles. The minimum Gasteiger partial charge on any atom is -0.497 e. The standard InChI is InChI=1S/C22H26O8/c1-25-17-9-5-15(6-10-17)13-29-19(21(23)27-3)20(22(24)28-4)30-14-16-7-11-18(26-2)12-8-16/h5-12,19-20H,13-14H2,1-4H3/t19-,20-/m0/s1. The molecule has 0 amide bonds. The zero-order chi connectivity index (χ0) is 21.9. The zero-order valence-corrected chi connectivity index (χ0v) is 17.5. The molecule has 162 valence electrons. The van der Waals surface area contributed by atoms with Gasteiger partial charge in [0.05, 0.1) is 41.7 Å². The Morgan fingerprint density at radius 1 is 0.633 bits per heavy atom. The molecule has 30 heavy (non-hydrogen) atoms. The third kappa shape index (κ3) is 6.47. The van der Waals surface area contributed by atoms with Crippen molar-refractivity contribution in [3.05, 3.63) is 59.7 Å². The number of benzene rings is 2. The van der Waals surface area contributed by atoms with E-state index >= 15 is 0 Å². The van der Waals surface area contributed by atoms with Crippen LogP contribution < -0.4 is 9.47 Å². The molecule has 2 aromatic carbocycles. The molecule has 0 unspecified atom stereocenters. The van der Waals surface area contributed by atoms with Gasteiger partial charge in [0.1, 0.15) is 11.5 Å². The summed E-state index contributed by atoms with van der Waals surface area (Å²) in [4.78, 5) is 24.6. The Balaban J connectivity index is 2.12. The molecule has 0 spiro atoms. The lowest BCUT2D eigenvalue weighted by molar-refractivity contribution is -0.182. The Morgan fingerprint density at radius 3 is 1.23 bits per heavy atom. The fourth-order valence-electron chi connectivity index (χ4n) is 2.61. The molecule has 0 N–H and O–H groups in total. The summed E-state index contributed by atoms with van der Waals surface area (Å²) in [6, 6.07) is 14.2. The Bertz CT molecular complexity index is 731. The maximum absolute atomic E-state index is 12.3. The minimum atomic E-state index is -1.30. The highest BCUT2D eigenvalue weighted by atomic mass is 16.6. The van der Waals surface area contributed by atoms with Crippen molar-refractivity contribution in [1.29, 1.82) is 0 Å². The van der Waals surface area contributed by atoms with E-state index in [1.54, 1.807) is 62.8 Å². The summed E-state index contributed by atoms with van der Waals surface area (Å²) in [6.07, 6.45) is -2.61. The fourth-order valence-corrected chi connectivity index (χ4v) is 2.61. The number of hydrogen-bond donors (Lipinski definition) is 0. The first-order chi connectivity index (χ1) is 14.5. The lowest BCUT2D eigenvalue weighted by atomic mass is 10.1. The topological polar surface area (TPSA) is 89.5 Å². The van der Waals surface area contributed by atoms with E-state index in [4.69, 9.17) is 28.4 Å². The Labute approximate surface area is 175 Å². The third-order valence-corrected chi connectivity index (χ3v) is 4.32. The third-order valence-electron chi connectivity index (χ3n) is 4.32. The lowest BCUT2D eigenvalue weighted by Crippen LogP contribution is -2.44. The molecule has 0 fully saturated rings. The molecule has 0 aliphatic carbocycles. The summed E-state index contributed by atoms with van der Waals surface area (Å²) in [7, 11) is 5.56. The van der Waals surface area contributed by atoms with Crippen LogP contribution in [0.3, 0.4) is 0 Å². The molecule has 2 rings (SSSR count). The van der Waals surface area contributed by atoms with E-state index in [9.17, 15) is 9.59 Å². The first kappa shape index (κ1) is 23.2. The molecule has 0 saturated carbocycles. The van der Waals surface area contributed by atoms with Gasteiger partial charge in [-0.05, 0) is 35.4 Å². The van der Waals surface area contributed by atoms with Gasteiger partial charge in [0.2, 0.25) is 0 Å². The van der Waals surface area contributed by atoms with Crippen molar-refractivity contribution >= 4 is 11.9 Å². The van der Waals surface area contributed by atoms with Crippen LogP contribution in [0.15, 0.2) is 48.5 Å². The second kappa shape index (κ2) is 11.8. The van der Waals surface area contributed by atoms with Crippen LogP contribution in [0.25, 0.3) is 0 Å². The maximum atomic E-state index is 12.3. The van der Waals surface area contributed by atoms with Gasteiger partial charge in [0, 0.05) is 0 Å². The Hall–Kier alpha value is -3.10. The van der Waals surface area contributed by atoms with Crippen LogP contribution in [0.1, 0.15) is 11.1 Å². The first-order valence-corrected chi connectivity index (χ1v) is 9.17. The van der Waals surface area contributed by atoms with E-state index in [2.05, 4.69) is 0 Å². The van der Waals surface area contributed by atoms with Crippen LogP contribution in [-0.4, -0.2) is 52.6 Å². The molecule has 0 bridgehead atoms. The number of carbonyl (C=O) groups is 2. The smallest absolute Gasteiger partial charge is 0.338 e. The molecule has 0 heterocycles. The fraction of sp³-hybridized carbons (Fsp3) is 0.364. The maximum Gasteiger partial charge on any atom is 0.338 e. The highest BCUT2D eigenvalue weighted by Gasteiger charge is 2.37. The number of esters is 2. The van der Waals surface area contributed by atoms with E-state index in [0.717, 1.165) is 11.1 Å². The van der Waals surface area contributed by atoms with Gasteiger partial charge in [0.15, 0.2) is 12.2 Å². The van der Waals surface area contributed by atoms with Crippen LogP contribution in [0.2, 0.25) is 0 Å². The predicted octanol–water partition coefficient (Wildman–Crippen LogP) is 2.52. The molecule has 8 nitrogen and oxygen atoms in total.